The lowest BCUT2D eigenvalue weighted by Gasteiger charge is -2.30. The molecule has 0 aromatic heterocycles. The van der Waals surface area contributed by atoms with Crippen molar-refractivity contribution >= 4 is 96.2 Å². The monoisotopic (exact) mass is 1110 g/mol. The highest BCUT2D eigenvalue weighted by atomic mass is 32.2. The molecule has 27 heteroatoms. The molecular weight excluding hydrogens is 1060 g/mol. The van der Waals surface area contributed by atoms with Gasteiger partial charge in [0, 0.05) is 90.3 Å². The number of carbonyl (C=O) groups is 3. The maximum atomic E-state index is 12.6. The lowest BCUT2D eigenvalue weighted by Crippen LogP contribution is -2.38. The standard InChI is InChI=1S/C46H54N4O18S5/c1-45(2)39(49(24-11-27-70(57,58)59)37-18-16-33-34(44(37)45)28-32(72(63,64)65)30-38(33)73(66,67)68)12-6-4-7-13-40-46(3,21-9-5-8-14-41(51)47-22-25-50-42(52)19-20-43(50)53)35-29-31(71(60,61)62)15-17-36(35)48(40)23-10-26-69(54,55)56/h4,6-7,12-13,15-20,28-30H,5,8-11,14,21-27H2,1-3H3,(H5-,47,51,54,55,56,57,58,59,60,61,62,63,64,65,66,67,68). The van der Waals surface area contributed by atoms with Crippen LogP contribution in [0.5, 0.6) is 0 Å². The molecule has 3 aromatic rings. The molecule has 3 aromatic carbocycles. The maximum absolute atomic E-state index is 12.6. The van der Waals surface area contributed by atoms with E-state index in [9.17, 15) is 79.2 Å². The molecule has 0 saturated heterocycles. The van der Waals surface area contributed by atoms with Crippen LogP contribution >= 0.6 is 0 Å². The number of benzene rings is 3. The molecule has 0 spiro atoms. The van der Waals surface area contributed by atoms with E-state index in [1.54, 1.807) is 53.7 Å². The predicted molar refractivity (Wildman–Crippen MR) is 266 cm³/mol. The molecule has 396 valence electrons. The van der Waals surface area contributed by atoms with E-state index in [0.29, 0.717) is 65.7 Å². The Bertz CT molecular complexity index is 3490. The van der Waals surface area contributed by atoms with E-state index in [1.807, 2.05) is 6.92 Å². The molecule has 0 fully saturated rings. The summed E-state index contributed by atoms with van der Waals surface area (Å²) < 4.78 is 175. The van der Waals surface area contributed by atoms with Crippen LogP contribution in [0.2, 0.25) is 0 Å². The fourth-order valence-electron chi connectivity index (χ4n) is 9.59. The minimum Gasteiger partial charge on any atom is -0.748 e. The van der Waals surface area contributed by atoms with E-state index in [-0.39, 0.29) is 62.1 Å². The predicted octanol–water partition coefficient (Wildman–Crippen LogP) is 3.94. The van der Waals surface area contributed by atoms with E-state index in [2.05, 4.69) is 5.32 Å². The Morgan fingerprint density at radius 1 is 0.712 bits per heavy atom. The van der Waals surface area contributed by atoms with Gasteiger partial charge < -0.3 is 14.8 Å². The van der Waals surface area contributed by atoms with Gasteiger partial charge in [-0.25, -0.2) is 8.42 Å². The number of fused-ring (bicyclic) bond motifs is 4. The molecule has 0 saturated carbocycles. The third-order valence-corrected chi connectivity index (χ3v) is 17.1. The highest BCUT2D eigenvalue weighted by Gasteiger charge is 2.47. The Balaban J connectivity index is 1.35. The summed E-state index contributed by atoms with van der Waals surface area (Å²) >= 11 is 0. The number of carbonyl (C=O) groups excluding carboxylic acids is 3. The average Bonchev–Trinajstić information content (AvgIpc) is 3.79. The Morgan fingerprint density at radius 3 is 2.00 bits per heavy atom. The largest absolute Gasteiger partial charge is 0.748 e. The first-order valence-corrected chi connectivity index (χ1v) is 30.1. The van der Waals surface area contributed by atoms with Crippen molar-refractivity contribution in [2.24, 2.45) is 0 Å². The number of nitrogens with zero attached hydrogens (tertiary/aromatic N) is 3. The van der Waals surface area contributed by atoms with E-state index in [4.69, 9.17) is 0 Å². The van der Waals surface area contributed by atoms with Crippen molar-refractivity contribution in [2.45, 2.75) is 91.2 Å². The smallest absolute Gasteiger partial charge is 0.295 e. The minimum atomic E-state index is -5.06. The van der Waals surface area contributed by atoms with Crippen molar-refractivity contribution in [3.63, 3.8) is 0 Å². The van der Waals surface area contributed by atoms with E-state index in [0.717, 1.165) is 23.1 Å². The second-order valence-electron chi connectivity index (χ2n) is 18.3. The Morgan fingerprint density at radius 2 is 1.38 bits per heavy atom. The molecule has 0 bridgehead atoms. The number of rotatable bonds is 23. The molecule has 3 amide bonds. The summed E-state index contributed by atoms with van der Waals surface area (Å²) in [5.41, 5.74) is 0.540. The van der Waals surface area contributed by atoms with E-state index < -0.39 is 99.4 Å². The number of hydrogen-bond acceptors (Lipinski definition) is 15. The van der Waals surface area contributed by atoms with Crippen LogP contribution in [0.25, 0.3) is 10.8 Å². The van der Waals surface area contributed by atoms with Gasteiger partial charge in [-0.2, -0.15) is 38.2 Å². The molecule has 5 N–H and O–H groups in total. The first-order valence-electron chi connectivity index (χ1n) is 22.6. The summed E-state index contributed by atoms with van der Waals surface area (Å²) in [6, 6.07) is 8.49. The molecule has 3 heterocycles. The van der Waals surface area contributed by atoms with Crippen molar-refractivity contribution < 1.29 is 83.8 Å². The summed E-state index contributed by atoms with van der Waals surface area (Å²) in [6.07, 6.45) is 12.1. The third-order valence-electron chi connectivity index (χ3n) is 12.9. The normalized spacial score (nSPS) is 18.9. The van der Waals surface area contributed by atoms with Crippen LogP contribution in [0.1, 0.15) is 76.8 Å². The van der Waals surface area contributed by atoms with Gasteiger partial charge in [0.15, 0.2) is 5.71 Å². The van der Waals surface area contributed by atoms with Crippen molar-refractivity contribution in [3.05, 3.63) is 102 Å². The van der Waals surface area contributed by atoms with Crippen molar-refractivity contribution in [1.29, 1.82) is 0 Å². The van der Waals surface area contributed by atoms with E-state index in [1.165, 1.54) is 30.3 Å². The molecule has 0 radical (unpaired) electrons. The zero-order valence-corrected chi connectivity index (χ0v) is 43.7. The highest BCUT2D eigenvalue weighted by Crippen LogP contribution is 2.52. The number of amides is 3. The van der Waals surface area contributed by atoms with Gasteiger partial charge in [-0.05, 0) is 93.5 Å². The second kappa shape index (κ2) is 21.4. The summed E-state index contributed by atoms with van der Waals surface area (Å²) in [5, 5.41) is 2.64. The molecule has 1 unspecified atom stereocenters. The maximum Gasteiger partial charge on any atom is 0.295 e. The van der Waals surface area contributed by atoms with Crippen LogP contribution < -0.4 is 10.2 Å². The number of hydrogen-bond donors (Lipinski definition) is 5. The number of unbranched alkanes of at least 4 members (excludes halogenated alkanes) is 2. The molecule has 6 rings (SSSR count). The molecule has 0 aliphatic carbocycles. The summed E-state index contributed by atoms with van der Waals surface area (Å²) in [6.45, 7) is 5.29. The van der Waals surface area contributed by atoms with Crippen LogP contribution in [-0.2, 0) is 75.8 Å². The Kier molecular flexibility index (Phi) is 16.6. The number of imide groups is 1. The first kappa shape index (κ1) is 56.8. The molecule has 22 nitrogen and oxygen atoms in total. The molecule has 3 aliphatic rings. The minimum absolute atomic E-state index is 0.00287. The zero-order valence-electron chi connectivity index (χ0n) is 39.7. The summed E-state index contributed by atoms with van der Waals surface area (Å²) in [5.74, 6) is -2.61. The number of allylic oxidation sites excluding steroid dienone is 6. The summed E-state index contributed by atoms with van der Waals surface area (Å²) in [7, 11) is -23.8. The lowest BCUT2D eigenvalue weighted by atomic mass is 9.77. The first-order chi connectivity index (χ1) is 33.7. The quantitative estimate of drug-likeness (QED) is 0.0295. The third kappa shape index (κ3) is 13.3. The van der Waals surface area contributed by atoms with Gasteiger partial charge in [0.2, 0.25) is 11.6 Å². The van der Waals surface area contributed by atoms with Crippen LogP contribution in [0.3, 0.4) is 0 Å². The van der Waals surface area contributed by atoms with Crippen LogP contribution in [0, 0.1) is 0 Å². The van der Waals surface area contributed by atoms with Crippen LogP contribution in [0.4, 0.5) is 11.4 Å². The fraction of sp³-hybridized carbons (Fsp3) is 0.391. The number of nitrogens with one attached hydrogen (secondary N) is 1. The van der Waals surface area contributed by atoms with Gasteiger partial charge in [0.05, 0.1) is 31.1 Å². The average molecular weight is 1110 g/mol. The molecule has 1 atom stereocenters. The van der Waals surface area contributed by atoms with Gasteiger partial charge in [0.25, 0.3) is 52.3 Å². The van der Waals surface area contributed by atoms with Gasteiger partial charge in [-0.1, -0.05) is 31.1 Å². The molecule has 3 aliphatic heterocycles. The van der Waals surface area contributed by atoms with Gasteiger partial charge in [-0.3, -0.25) is 37.5 Å². The van der Waals surface area contributed by atoms with Crippen LogP contribution in [0.15, 0.2) is 105 Å². The zero-order chi connectivity index (χ0) is 54.1. The lowest BCUT2D eigenvalue weighted by molar-refractivity contribution is -0.437. The topological polar surface area (TPSA) is 347 Å². The van der Waals surface area contributed by atoms with Crippen molar-refractivity contribution in [3.8, 4) is 0 Å². The molecule has 73 heavy (non-hydrogen) atoms. The van der Waals surface area contributed by atoms with Gasteiger partial charge in [0.1, 0.15) is 11.4 Å². The Labute approximate surface area is 423 Å². The fourth-order valence-corrected chi connectivity index (χ4v) is 12.4. The van der Waals surface area contributed by atoms with Crippen LogP contribution in [-0.4, -0.2) is 135 Å². The SMILES string of the molecule is CC1(C)C(/C=C/C=C/C=C2/N(CCCS(=O)(=O)[O-])c3ccc(S(=O)(=O)O)cc3C2(C)CCCCCC(=O)NCCN2C(=O)C=CC2=O)=[N+](CCCS(=O)(=O)O)c2ccc3c(S(=O)(=O)O)cc(S(=O)(=O)O)cc3c21. The molecular formula is C46H54N4O18S5. The highest BCUT2D eigenvalue weighted by molar-refractivity contribution is 7.87. The van der Waals surface area contributed by atoms with Gasteiger partial charge >= 0.3 is 0 Å². The van der Waals surface area contributed by atoms with Gasteiger partial charge in [-0.15, -0.1) is 0 Å². The van der Waals surface area contributed by atoms with Crippen molar-refractivity contribution in [2.75, 3.05) is 42.6 Å². The summed E-state index contributed by atoms with van der Waals surface area (Å²) in [4.78, 5) is 37.0. The second-order valence-corrected chi connectivity index (χ2v) is 25.7. The van der Waals surface area contributed by atoms with Crippen molar-refractivity contribution in [1.82, 2.24) is 10.2 Å². The van der Waals surface area contributed by atoms with E-state index >= 15 is 0 Å². The number of anilines is 1. The Hall–Kier alpha value is -5.49.